The zero-order valence-electron chi connectivity index (χ0n) is 15.2. The van der Waals surface area contributed by atoms with E-state index in [-0.39, 0.29) is 0 Å². The molecule has 1 fully saturated rings. The molecule has 0 atom stereocenters. The Morgan fingerprint density at radius 2 is 1.69 bits per heavy atom. The minimum absolute atomic E-state index is 0.515. The van der Waals surface area contributed by atoms with Gasteiger partial charge in [0.25, 0.3) is 0 Å². The molecule has 4 rings (SSSR count). The fourth-order valence-corrected chi connectivity index (χ4v) is 3.35. The van der Waals surface area contributed by atoms with Crippen LogP contribution in [0.4, 0.5) is 4.39 Å². The van der Waals surface area contributed by atoms with Gasteiger partial charge >= 0.3 is 0 Å². The van der Waals surface area contributed by atoms with Crippen LogP contribution >= 0.6 is 0 Å². The van der Waals surface area contributed by atoms with Crippen molar-refractivity contribution in [2.24, 2.45) is 0 Å². The molecule has 1 aliphatic rings. The number of halogens is 1. The highest BCUT2D eigenvalue weighted by Crippen LogP contribution is 2.25. The van der Waals surface area contributed by atoms with Crippen LogP contribution in [0.25, 0.3) is 16.8 Å². The summed E-state index contributed by atoms with van der Waals surface area (Å²) in [6.45, 7) is 5.86. The van der Waals surface area contributed by atoms with E-state index >= 15 is 0 Å². The van der Waals surface area contributed by atoms with Crippen LogP contribution in [-0.2, 0) is 6.54 Å². The van der Waals surface area contributed by atoms with E-state index in [0.29, 0.717) is 5.75 Å². The Bertz CT molecular complexity index is 892. The molecular weight excluding hydrogens is 331 g/mol. The van der Waals surface area contributed by atoms with Crippen LogP contribution < -0.4 is 4.74 Å². The molecule has 1 saturated heterocycles. The van der Waals surface area contributed by atoms with Crippen molar-refractivity contribution in [2.75, 3.05) is 13.1 Å². The summed E-state index contributed by atoms with van der Waals surface area (Å²) in [6.07, 6.45) is 4.58. The molecule has 0 bridgehead atoms. The molecule has 1 aliphatic heterocycles. The Kier molecular flexibility index (Phi) is 4.36. The van der Waals surface area contributed by atoms with Crippen LogP contribution in [0.3, 0.4) is 0 Å². The number of hydrogen-bond acceptors (Lipinski definition) is 4. The molecule has 0 N–H and O–H groups in total. The maximum Gasteiger partial charge on any atom is 0.242 e. The Labute approximate surface area is 152 Å². The molecule has 136 valence electrons. The third-order valence-electron chi connectivity index (χ3n) is 4.58. The lowest BCUT2D eigenvalue weighted by Gasteiger charge is -2.17. The number of pyridine rings is 1. The van der Waals surface area contributed by atoms with Gasteiger partial charge in [-0.05, 0) is 61.3 Å². The molecule has 0 spiro atoms. The van der Waals surface area contributed by atoms with Crippen molar-refractivity contribution in [2.45, 2.75) is 39.1 Å². The van der Waals surface area contributed by atoms with Crippen molar-refractivity contribution in [3.05, 3.63) is 48.4 Å². The SMILES string of the molecule is CC(C)(F)Oc1ccc(-c2ccc3nnc(CN4CCCC4)n3c2)cc1. The summed E-state index contributed by atoms with van der Waals surface area (Å²) in [5.41, 5.74) is 2.95. The standard InChI is InChI=1S/C20H23FN4O/c1-20(2,21)26-17-8-5-15(6-9-17)16-7-10-18-22-23-19(25(18)13-16)14-24-11-3-4-12-24/h5-10,13H,3-4,11-12,14H2,1-2H3. The molecule has 0 radical (unpaired) electrons. The van der Waals surface area contributed by atoms with Crippen molar-refractivity contribution in [1.29, 1.82) is 0 Å². The summed E-state index contributed by atoms with van der Waals surface area (Å²) in [7, 11) is 0. The lowest BCUT2D eigenvalue weighted by molar-refractivity contribution is -0.0256. The highest BCUT2D eigenvalue weighted by molar-refractivity contribution is 5.65. The van der Waals surface area contributed by atoms with E-state index < -0.39 is 5.85 Å². The zero-order chi connectivity index (χ0) is 18.1. The first-order chi connectivity index (χ1) is 12.5. The highest BCUT2D eigenvalue weighted by atomic mass is 19.2. The van der Waals surface area contributed by atoms with Crippen LogP contribution in [0.2, 0.25) is 0 Å². The first-order valence-electron chi connectivity index (χ1n) is 9.02. The van der Waals surface area contributed by atoms with Crippen LogP contribution in [-0.4, -0.2) is 38.4 Å². The van der Waals surface area contributed by atoms with Crippen LogP contribution in [0.5, 0.6) is 5.75 Å². The van der Waals surface area contributed by atoms with Gasteiger partial charge in [0.05, 0.1) is 6.54 Å². The summed E-state index contributed by atoms with van der Waals surface area (Å²) in [6, 6.07) is 11.5. The van der Waals surface area contributed by atoms with Gasteiger partial charge in [0, 0.05) is 20.0 Å². The number of ether oxygens (including phenoxy) is 1. The predicted molar refractivity (Wildman–Crippen MR) is 98.7 cm³/mol. The third kappa shape index (κ3) is 3.70. The van der Waals surface area contributed by atoms with E-state index in [9.17, 15) is 4.39 Å². The third-order valence-corrected chi connectivity index (χ3v) is 4.58. The molecule has 3 aromatic rings. The van der Waals surface area contributed by atoms with Crippen LogP contribution in [0, 0.1) is 0 Å². The number of alkyl halides is 1. The van der Waals surface area contributed by atoms with Crippen molar-refractivity contribution in [1.82, 2.24) is 19.5 Å². The minimum Gasteiger partial charge on any atom is -0.459 e. The number of rotatable bonds is 5. The monoisotopic (exact) mass is 354 g/mol. The largest absolute Gasteiger partial charge is 0.459 e. The van der Waals surface area contributed by atoms with Gasteiger partial charge in [0.15, 0.2) is 11.5 Å². The molecule has 0 unspecified atom stereocenters. The highest BCUT2D eigenvalue weighted by Gasteiger charge is 2.17. The molecule has 0 aliphatic carbocycles. The van der Waals surface area contributed by atoms with Crippen LogP contribution in [0.15, 0.2) is 42.6 Å². The number of nitrogens with zero attached hydrogens (tertiary/aromatic N) is 4. The van der Waals surface area contributed by atoms with E-state index in [1.54, 1.807) is 12.1 Å². The molecule has 0 amide bonds. The second kappa shape index (κ2) is 6.68. The van der Waals surface area contributed by atoms with Crippen molar-refractivity contribution in [3.8, 4) is 16.9 Å². The summed E-state index contributed by atoms with van der Waals surface area (Å²) in [4.78, 5) is 2.41. The normalized spacial score (nSPS) is 15.7. The van der Waals surface area contributed by atoms with Gasteiger partial charge in [-0.1, -0.05) is 12.1 Å². The van der Waals surface area contributed by atoms with E-state index in [4.69, 9.17) is 4.74 Å². The van der Waals surface area contributed by atoms with E-state index in [0.717, 1.165) is 42.2 Å². The molecule has 5 nitrogen and oxygen atoms in total. The minimum atomic E-state index is -1.69. The first kappa shape index (κ1) is 17.0. The molecule has 0 saturated carbocycles. The average molecular weight is 354 g/mol. The maximum absolute atomic E-state index is 13.6. The maximum atomic E-state index is 13.6. The van der Waals surface area contributed by atoms with Gasteiger partial charge in [-0.3, -0.25) is 9.30 Å². The fraction of sp³-hybridized carbons (Fsp3) is 0.400. The number of aromatic nitrogens is 3. The molecule has 26 heavy (non-hydrogen) atoms. The Morgan fingerprint density at radius 3 is 2.38 bits per heavy atom. The van der Waals surface area contributed by atoms with Gasteiger partial charge in [0.2, 0.25) is 5.85 Å². The summed E-state index contributed by atoms with van der Waals surface area (Å²) < 4.78 is 20.9. The fourth-order valence-electron chi connectivity index (χ4n) is 3.35. The molecular formula is C20H23FN4O. The van der Waals surface area contributed by atoms with Gasteiger partial charge in [-0.25, -0.2) is 0 Å². The summed E-state index contributed by atoms with van der Waals surface area (Å²) in [5, 5.41) is 8.63. The smallest absolute Gasteiger partial charge is 0.242 e. The number of benzene rings is 1. The predicted octanol–water partition coefficient (Wildman–Crippen LogP) is 4.08. The van der Waals surface area contributed by atoms with Crippen molar-refractivity contribution in [3.63, 3.8) is 0 Å². The lowest BCUT2D eigenvalue weighted by atomic mass is 10.1. The summed E-state index contributed by atoms with van der Waals surface area (Å²) in [5.74, 6) is -0.211. The van der Waals surface area contributed by atoms with E-state index in [2.05, 4.69) is 25.7 Å². The number of likely N-dealkylation sites (tertiary alicyclic amines) is 1. The van der Waals surface area contributed by atoms with Crippen molar-refractivity contribution >= 4 is 5.65 Å². The van der Waals surface area contributed by atoms with Gasteiger partial charge in [-0.2, -0.15) is 4.39 Å². The first-order valence-corrected chi connectivity index (χ1v) is 9.02. The molecule has 3 heterocycles. The zero-order valence-corrected chi connectivity index (χ0v) is 15.2. The average Bonchev–Trinajstić information content (AvgIpc) is 3.24. The van der Waals surface area contributed by atoms with E-state index in [1.807, 2.05) is 24.3 Å². The van der Waals surface area contributed by atoms with Crippen molar-refractivity contribution < 1.29 is 9.13 Å². The molecule has 6 heteroatoms. The van der Waals surface area contributed by atoms with E-state index in [1.165, 1.54) is 26.7 Å². The quantitative estimate of drug-likeness (QED) is 0.692. The second-order valence-corrected chi connectivity index (χ2v) is 7.24. The molecule has 2 aromatic heterocycles. The Hall–Kier alpha value is -2.47. The Morgan fingerprint density at radius 1 is 1.00 bits per heavy atom. The number of hydrogen-bond donors (Lipinski definition) is 0. The lowest BCUT2D eigenvalue weighted by Crippen LogP contribution is -2.20. The van der Waals surface area contributed by atoms with Gasteiger partial charge in [0.1, 0.15) is 5.75 Å². The van der Waals surface area contributed by atoms with Crippen LogP contribution in [0.1, 0.15) is 32.5 Å². The Balaban J connectivity index is 1.60. The second-order valence-electron chi connectivity index (χ2n) is 7.24. The number of fused-ring (bicyclic) bond motifs is 1. The van der Waals surface area contributed by atoms with Gasteiger partial charge in [-0.15, -0.1) is 10.2 Å². The topological polar surface area (TPSA) is 42.7 Å². The summed E-state index contributed by atoms with van der Waals surface area (Å²) >= 11 is 0. The molecule has 1 aromatic carbocycles. The van der Waals surface area contributed by atoms with Gasteiger partial charge < -0.3 is 4.74 Å².